The average molecular weight is 171 g/mol. The van der Waals surface area contributed by atoms with Crippen molar-refractivity contribution in [1.82, 2.24) is 0 Å². The molecule has 0 aromatic carbocycles. The fourth-order valence-corrected chi connectivity index (χ4v) is 0.851. The molecule has 0 fully saturated rings. The molecule has 0 aromatic heterocycles. The highest BCUT2D eigenvalue weighted by Gasteiger charge is 2.20. The minimum atomic E-state index is -3.84. The Hall–Kier alpha value is -0.0300. The van der Waals surface area contributed by atoms with Crippen LogP contribution in [0.5, 0.6) is 0 Å². The first-order valence-corrected chi connectivity index (χ1v) is 4.04. The van der Waals surface area contributed by atoms with Gasteiger partial charge < -0.3 is 10.6 Å². The minimum absolute atomic E-state index is 0.698. The van der Waals surface area contributed by atoms with Gasteiger partial charge in [-0.2, -0.15) is 0 Å². The summed E-state index contributed by atoms with van der Waals surface area (Å²) in [5.41, 5.74) is 4.57. The van der Waals surface area contributed by atoms with Gasteiger partial charge in [-0.15, -0.1) is 0 Å². The van der Waals surface area contributed by atoms with Crippen LogP contribution in [0, 0.1) is 0 Å². The molecule has 54 valence electrons. The Morgan fingerprint density at radius 2 is 2.33 bits per heavy atom. The van der Waals surface area contributed by atoms with Crippen LogP contribution in [0.2, 0.25) is 0 Å². The minimum Gasteiger partial charge on any atom is -0.369 e. The Kier molecular flexibility index (Phi) is 3.21. The Morgan fingerprint density at radius 3 is 2.44 bits per heavy atom. The summed E-state index contributed by atoms with van der Waals surface area (Å²) < 4.78 is 14.1. The van der Waals surface area contributed by atoms with Crippen molar-refractivity contribution in [1.29, 1.82) is 0 Å². The number of hydrogen-bond donors (Lipinski definition) is 3. The first-order valence-electron chi connectivity index (χ1n) is 1.91. The summed E-state index contributed by atoms with van der Waals surface area (Å²) in [7, 11) is -3.84. The summed E-state index contributed by atoms with van der Waals surface area (Å²) in [5, 5.41) is 0. The fourth-order valence-electron chi connectivity index (χ4n) is 0.226. The molecule has 0 bridgehead atoms. The maximum atomic E-state index is 10.3. The molecule has 0 rings (SSSR count). The number of carbonyl (C=O) groups is 1. The normalized spacial score (nSPS) is 16.7. The van der Waals surface area contributed by atoms with E-state index >= 15 is 0 Å². The number of thiol groups is 1. The van der Waals surface area contributed by atoms with Crippen LogP contribution in [0.3, 0.4) is 0 Å². The summed E-state index contributed by atoms with van der Waals surface area (Å²) >= 11 is 3.05. The molecule has 0 heterocycles. The van der Waals surface area contributed by atoms with Gasteiger partial charge in [-0.3, -0.25) is 9.36 Å². The topological polar surface area (TPSA) is 89.6 Å². The highest BCUT2D eigenvalue weighted by molar-refractivity contribution is 7.81. The van der Waals surface area contributed by atoms with Crippen molar-refractivity contribution in [3.63, 3.8) is 0 Å². The molecule has 7 heteroatoms. The lowest BCUT2D eigenvalue weighted by Gasteiger charge is -2.02. The Bertz CT molecular complexity index is 159. The number of amides is 1. The van der Waals surface area contributed by atoms with Gasteiger partial charge >= 0.3 is 7.60 Å². The van der Waals surface area contributed by atoms with E-state index in [2.05, 4.69) is 22.6 Å². The summed E-state index contributed by atoms with van der Waals surface area (Å²) in [6.45, 7) is 0. The molecule has 3 N–H and O–H groups in total. The molecule has 1 amide bonds. The van der Waals surface area contributed by atoms with Gasteiger partial charge in [-0.1, -0.05) is 0 Å². The maximum absolute atomic E-state index is 10.3. The highest BCUT2D eigenvalue weighted by atomic mass is 32.1. The van der Waals surface area contributed by atoms with Crippen LogP contribution >= 0.6 is 20.5 Å². The monoisotopic (exact) mass is 171 g/mol. The molecule has 0 spiro atoms. The second-order valence-electron chi connectivity index (χ2n) is 1.34. The molecule has 0 aromatic rings. The number of hydrogen-bond acceptors (Lipinski definition) is 4. The van der Waals surface area contributed by atoms with E-state index in [0.29, 0.717) is 0 Å². The van der Waals surface area contributed by atoms with Gasteiger partial charge in [0.2, 0.25) is 5.91 Å². The highest BCUT2D eigenvalue weighted by Crippen LogP contribution is 2.42. The van der Waals surface area contributed by atoms with Crippen molar-refractivity contribution in [3.05, 3.63) is 0 Å². The van der Waals surface area contributed by atoms with Gasteiger partial charge in [-0.25, -0.2) is 3.97 Å². The zero-order chi connectivity index (χ0) is 7.49. The van der Waals surface area contributed by atoms with E-state index in [1.807, 2.05) is 0 Å². The molecule has 1 unspecified atom stereocenters. The van der Waals surface area contributed by atoms with Gasteiger partial charge in [0.15, 0.2) is 0 Å². The molecule has 5 nitrogen and oxygen atoms in total. The van der Waals surface area contributed by atoms with Crippen molar-refractivity contribution in [2.75, 3.05) is 6.16 Å². The van der Waals surface area contributed by atoms with Crippen LogP contribution < -0.4 is 5.73 Å². The first-order chi connectivity index (χ1) is 3.98. The quantitative estimate of drug-likeness (QED) is 0.304. The molecule has 0 aliphatic rings. The lowest BCUT2D eigenvalue weighted by molar-refractivity contribution is -0.115. The van der Waals surface area contributed by atoms with Crippen LogP contribution in [0.25, 0.3) is 0 Å². The fraction of sp³-hybridized carbons (Fsp3) is 0.500. The third-order valence-corrected chi connectivity index (χ3v) is 2.22. The summed E-state index contributed by atoms with van der Waals surface area (Å²) in [6.07, 6.45) is -0.698. The second kappa shape index (κ2) is 3.22. The van der Waals surface area contributed by atoms with E-state index in [4.69, 9.17) is 4.89 Å². The average Bonchev–Trinajstić information content (AvgIpc) is 1.63. The Balaban J connectivity index is 3.88. The molecule has 0 aliphatic heterocycles. The van der Waals surface area contributed by atoms with Crippen LogP contribution in [0.15, 0.2) is 0 Å². The van der Waals surface area contributed by atoms with E-state index in [-0.39, 0.29) is 0 Å². The van der Waals surface area contributed by atoms with Crippen molar-refractivity contribution in [3.8, 4) is 0 Å². The van der Waals surface area contributed by atoms with Crippen molar-refractivity contribution in [2.45, 2.75) is 0 Å². The van der Waals surface area contributed by atoms with Crippen LogP contribution in [0.1, 0.15) is 0 Å². The predicted molar refractivity (Wildman–Crippen MR) is 34.0 cm³/mol. The van der Waals surface area contributed by atoms with E-state index in [1.54, 1.807) is 0 Å². The molecular formula is C2H6NO4PS. The van der Waals surface area contributed by atoms with Crippen LogP contribution in [-0.2, 0) is 13.3 Å². The second-order valence-corrected chi connectivity index (χ2v) is 3.59. The SMILES string of the molecule is NC(=O)CP(=O)(O)OS. The Morgan fingerprint density at radius 1 is 1.89 bits per heavy atom. The predicted octanol–water partition coefficient (Wildman–Crippen LogP) is -0.481. The lowest BCUT2D eigenvalue weighted by Crippen LogP contribution is -2.15. The molecule has 0 saturated carbocycles. The number of rotatable bonds is 3. The maximum Gasteiger partial charge on any atom is 0.348 e. The van der Waals surface area contributed by atoms with E-state index in [9.17, 15) is 9.36 Å². The molecule has 0 radical (unpaired) electrons. The van der Waals surface area contributed by atoms with Crippen molar-refractivity contribution >= 4 is 26.4 Å². The standard InChI is InChI=1S/C2H6NO4PS/c3-2(4)1-8(5,6)7-9/h9H,1H2,(H2,3,4)(H,5,6). The number of primary amides is 1. The van der Waals surface area contributed by atoms with Gasteiger partial charge in [0.25, 0.3) is 0 Å². The third kappa shape index (κ3) is 4.47. The molecule has 9 heavy (non-hydrogen) atoms. The zero-order valence-corrected chi connectivity index (χ0v) is 6.14. The van der Waals surface area contributed by atoms with Gasteiger partial charge in [0.05, 0.1) is 0 Å². The third-order valence-electron chi connectivity index (χ3n) is 0.483. The zero-order valence-electron chi connectivity index (χ0n) is 4.35. The number of carbonyl (C=O) groups excluding carboxylic acids is 1. The first kappa shape index (κ1) is 8.97. The van der Waals surface area contributed by atoms with Crippen LogP contribution in [0.4, 0.5) is 0 Å². The summed E-state index contributed by atoms with van der Waals surface area (Å²) in [6, 6.07) is 0. The van der Waals surface area contributed by atoms with Crippen LogP contribution in [-0.4, -0.2) is 17.0 Å². The summed E-state index contributed by atoms with van der Waals surface area (Å²) in [5.74, 6) is -0.894. The number of nitrogens with two attached hydrogens (primary N) is 1. The van der Waals surface area contributed by atoms with Crippen molar-refractivity contribution < 1.29 is 18.2 Å². The Labute approximate surface area is 57.3 Å². The van der Waals surface area contributed by atoms with Crippen molar-refractivity contribution in [2.24, 2.45) is 5.73 Å². The van der Waals surface area contributed by atoms with E-state index in [0.717, 1.165) is 0 Å². The summed E-state index contributed by atoms with van der Waals surface area (Å²) in [4.78, 5) is 18.4. The van der Waals surface area contributed by atoms with E-state index < -0.39 is 19.7 Å². The van der Waals surface area contributed by atoms with E-state index in [1.165, 1.54) is 0 Å². The van der Waals surface area contributed by atoms with Gasteiger partial charge in [-0.05, 0) is 12.9 Å². The van der Waals surface area contributed by atoms with Gasteiger partial charge in [0.1, 0.15) is 6.16 Å². The largest absolute Gasteiger partial charge is 0.369 e. The lowest BCUT2D eigenvalue weighted by atomic mass is 10.8. The smallest absolute Gasteiger partial charge is 0.348 e. The molecule has 0 saturated heterocycles. The molecular weight excluding hydrogens is 165 g/mol. The van der Waals surface area contributed by atoms with Gasteiger partial charge in [0, 0.05) is 0 Å². The molecule has 0 aliphatic carbocycles. The molecule has 1 atom stereocenters.